The van der Waals surface area contributed by atoms with Gasteiger partial charge in [-0.05, 0) is 26.7 Å². The molecule has 22 heavy (non-hydrogen) atoms. The van der Waals surface area contributed by atoms with Crippen molar-refractivity contribution in [3.05, 3.63) is 0 Å². The maximum absolute atomic E-state index is 13.6. The summed E-state index contributed by atoms with van der Waals surface area (Å²) < 4.78 is 18.0. The van der Waals surface area contributed by atoms with E-state index in [1.54, 1.807) is 0 Å². The molecule has 5 nitrogen and oxygen atoms in total. The average Bonchev–Trinajstić information content (AvgIpc) is 2.84. The maximum atomic E-state index is 13.6. The lowest BCUT2D eigenvalue weighted by Gasteiger charge is -2.36. The van der Waals surface area contributed by atoms with Crippen LogP contribution in [0.4, 0.5) is 4.39 Å². The van der Waals surface area contributed by atoms with Gasteiger partial charge in [0.1, 0.15) is 0 Å². The molecule has 2 heterocycles. The first-order chi connectivity index (χ1) is 10.5. The van der Waals surface area contributed by atoms with Crippen LogP contribution >= 0.6 is 0 Å². The van der Waals surface area contributed by atoms with E-state index in [4.69, 9.17) is 0 Å². The van der Waals surface area contributed by atoms with E-state index in [9.17, 15) is 9.18 Å². The van der Waals surface area contributed by atoms with Gasteiger partial charge in [-0.25, -0.2) is 9.18 Å². The van der Waals surface area contributed by atoms with Gasteiger partial charge in [-0.2, -0.15) is 0 Å². The highest BCUT2D eigenvalue weighted by Gasteiger charge is 2.28. The van der Waals surface area contributed by atoms with Crippen LogP contribution in [0.1, 0.15) is 26.7 Å². The summed E-state index contributed by atoms with van der Waals surface area (Å²) in [7, 11) is 1.23. The van der Waals surface area contributed by atoms with Gasteiger partial charge in [-0.3, -0.25) is 14.7 Å². The number of ether oxygens (including phenoxy) is 1. The molecule has 0 aromatic rings. The van der Waals surface area contributed by atoms with Gasteiger partial charge in [0.2, 0.25) is 6.17 Å². The van der Waals surface area contributed by atoms with Crippen molar-refractivity contribution in [2.24, 2.45) is 0 Å². The Kier molecular flexibility index (Phi) is 6.59. The first-order valence-corrected chi connectivity index (χ1v) is 8.43. The van der Waals surface area contributed by atoms with Gasteiger partial charge in [0, 0.05) is 57.9 Å². The van der Waals surface area contributed by atoms with Crippen molar-refractivity contribution in [2.45, 2.75) is 44.9 Å². The Morgan fingerprint density at radius 1 is 1.09 bits per heavy atom. The quantitative estimate of drug-likeness (QED) is 0.683. The van der Waals surface area contributed by atoms with Crippen LogP contribution in [0.3, 0.4) is 0 Å². The monoisotopic (exact) mass is 315 g/mol. The van der Waals surface area contributed by atoms with Crippen LogP contribution < -0.4 is 0 Å². The molecule has 0 radical (unpaired) electrons. The molecule has 0 spiro atoms. The summed E-state index contributed by atoms with van der Waals surface area (Å²) in [5.41, 5.74) is 0. The van der Waals surface area contributed by atoms with Gasteiger partial charge in [-0.1, -0.05) is 0 Å². The molecule has 2 rings (SSSR count). The Bertz CT molecular complexity index is 351. The summed E-state index contributed by atoms with van der Waals surface area (Å²) in [5, 5.41) is 0. The van der Waals surface area contributed by atoms with Gasteiger partial charge >= 0.3 is 5.97 Å². The normalized spacial score (nSPS) is 29.6. The minimum Gasteiger partial charge on any atom is -0.467 e. The molecule has 0 aliphatic carbocycles. The molecule has 6 heteroatoms. The maximum Gasteiger partial charge on any atom is 0.341 e. The number of alkyl halides is 1. The molecule has 0 aromatic heterocycles. The van der Waals surface area contributed by atoms with E-state index in [2.05, 4.69) is 28.4 Å². The fraction of sp³-hybridized carbons (Fsp3) is 0.938. The van der Waals surface area contributed by atoms with E-state index in [1.807, 2.05) is 4.90 Å². The molecule has 3 atom stereocenters. The molecule has 0 bridgehead atoms. The van der Waals surface area contributed by atoms with E-state index in [0.717, 1.165) is 39.3 Å². The molecule has 2 aliphatic rings. The fourth-order valence-corrected chi connectivity index (χ4v) is 3.57. The zero-order valence-corrected chi connectivity index (χ0v) is 14.1. The molecule has 2 aliphatic heterocycles. The number of carbonyl (C=O) groups is 1. The Morgan fingerprint density at radius 3 is 2.18 bits per heavy atom. The van der Waals surface area contributed by atoms with Crippen molar-refractivity contribution < 1.29 is 13.9 Å². The van der Waals surface area contributed by atoms with Crippen LogP contribution in [-0.2, 0) is 9.53 Å². The summed E-state index contributed by atoms with van der Waals surface area (Å²) in [4.78, 5) is 18.2. The number of methoxy groups -OCH3 is 1. The molecule has 0 saturated carbocycles. The average molecular weight is 315 g/mol. The fourth-order valence-electron chi connectivity index (χ4n) is 3.57. The van der Waals surface area contributed by atoms with Crippen molar-refractivity contribution in [1.82, 2.24) is 14.7 Å². The van der Waals surface area contributed by atoms with Crippen molar-refractivity contribution in [1.29, 1.82) is 0 Å². The second kappa shape index (κ2) is 8.22. The van der Waals surface area contributed by atoms with E-state index >= 15 is 0 Å². The third-order valence-corrected chi connectivity index (χ3v) is 5.15. The number of halogens is 1. The van der Waals surface area contributed by atoms with Gasteiger partial charge in [0.05, 0.1) is 7.11 Å². The number of likely N-dealkylation sites (tertiary alicyclic amines) is 1. The lowest BCUT2D eigenvalue weighted by Crippen LogP contribution is -2.51. The lowest BCUT2D eigenvalue weighted by atomic mass is 10.2. The Balaban J connectivity index is 1.66. The minimum absolute atomic E-state index is 0.153. The van der Waals surface area contributed by atoms with E-state index in [-0.39, 0.29) is 6.54 Å². The highest BCUT2D eigenvalue weighted by molar-refractivity contribution is 5.74. The first-order valence-electron chi connectivity index (χ1n) is 8.43. The predicted octanol–water partition coefficient (Wildman–Crippen LogP) is 0.988. The van der Waals surface area contributed by atoms with Crippen molar-refractivity contribution in [3.63, 3.8) is 0 Å². The summed E-state index contributed by atoms with van der Waals surface area (Å²) in [6.07, 6.45) is 1.09. The van der Waals surface area contributed by atoms with Crippen molar-refractivity contribution in [2.75, 3.05) is 52.9 Å². The van der Waals surface area contributed by atoms with Gasteiger partial charge in [0.15, 0.2) is 0 Å². The zero-order valence-electron chi connectivity index (χ0n) is 14.1. The van der Waals surface area contributed by atoms with E-state index in [1.165, 1.54) is 20.0 Å². The number of piperazine rings is 1. The van der Waals surface area contributed by atoms with Gasteiger partial charge < -0.3 is 4.74 Å². The number of carbonyl (C=O) groups excluding carboxylic acids is 1. The molecule has 0 amide bonds. The number of rotatable bonds is 6. The van der Waals surface area contributed by atoms with Gasteiger partial charge in [0.25, 0.3) is 0 Å². The number of nitrogens with zero attached hydrogens (tertiary/aromatic N) is 3. The van der Waals surface area contributed by atoms with Crippen LogP contribution in [-0.4, -0.2) is 91.8 Å². The van der Waals surface area contributed by atoms with E-state index < -0.39 is 12.1 Å². The standard InChI is InChI=1S/C16H30FN3O2/c1-13-4-5-14(2)20(13)11-10-18-6-8-19(9-7-18)12-15(17)16(21)22-3/h13-15H,4-12H2,1-3H3/t13-,14+,15-/m0/s1. The molecule has 2 fully saturated rings. The van der Waals surface area contributed by atoms with Crippen molar-refractivity contribution >= 4 is 5.97 Å². The highest BCUT2D eigenvalue weighted by atomic mass is 19.1. The molecular formula is C16H30FN3O2. The van der Waals surface area contributed by atoms with Crippen LogP contribution in [0, 0.1) is 0 Å². The summed E-state index contributed by atoms with van der Waals surface area (Å²) in [6.45, 7) is 10.5. The molecule has 0 unspecified atom stereocenters. The second-order valence-electron chi connectivity index (χ2n) is 6.65. The molecule has 0 N–H and O–H groups in total. The smallest absolute Gasteiger partial charge is 0.341 e. The zero-order chi connectivity index (χ0) is 16.1. The van der Waals surface area contributed by atoms with Crippen LogP contribution in [0.15, 0.2) is 0 Å². The van der Waals surface area contributed by atoms with E-state index in [0.29, 0.717) is 12.1 Å². The largest absolute Gasteiger partial charge is 0.467 e. The third-order valence-electron chi connectivity index (χ3n) is 5.15. The van der Waals surface area contributed by atoms with Gasteiger partial charge in [-0.15, -0.1) is 0 Å². The minimum atomic E-state index is -1.53. The number of hydrogen-bond donors (Lipinski definition) is 0. The first kappa shape index (κ1) is 17.6. The predicted molar refractivity (Wildman–Crippen MR) is 84.7 cm³/mol. The summed E-state index contributed by atoms with van der Waals surface area (Å²) in [6, 6.07) is 1.40. The highest BCUT2D eigenvalue weighted by Crippen LogP contribution is 2.22. The number of esters is 1. The van der Waals surface area contributed by atoms with Crippen molar-refractivity contribution in [3.8, 4) is 0 Å². The number of hydrogen-bond acceptors (Lipinski definition) is 5. The second-order valence-corrected chi connectivity index (χ2v) is 6.65. The summed E-state index contributed by atoms with van der Waals surface area (Å²) in [5.74, 6) is -0.764. The van der Waals surface area contributed by atoms with Crippen LogP contribution in [0.2, 0.25) is 0 Å². The molecule has 0 aromatic carbocycles. The third kappa shape index (κ3) is 4.64. The topological polar surface area (TPSA) is 36.0 Å². The molecule has 2 saturated heterocycles. The molecule has 128 valence electrons. The van der Waals surface area contributed by atoms with Crippen LogP contribution in [0.5, 0.6) is 0 Å². The Hall–Kier alpha value is -0.720. The summed E-state index contributed by atoms with van der Waals surface area (Å²) >= 11 is 0. The Labute approximate surface area is 133 Å². The SMILES string of the molecule is COC(=O)[C@@H](F)CN1CCN(CCN2[C@H](C)CC[C@@H]2C)CC1. The molecular weight excluding hydrogens is 285 g/mol. The van der Waals surface area contributed by atoms with Crippen LogP contribution in [0.25, 0.3) is 0 Å². The lowest BCUT2D eigenvalue weighted by molar-refractivity contribution is -0.147. The Morgan fingerprint density at radius 2 is 1.64 bits per heavy atom.